The molecule has 4 rings (SSSR count). The predicted molar refractivity (Wildman–Crippen MR) is 107 cm³/mol. The van der Waals surface area contributed by atoms with Crippen molar-refractivity contribution in [2.45, 2.75) is 9.79 Å². The average Bonchev–Trinajstić information content (AvgIpc) is 2.91. The summed E-state index contributed by atoms with van der Waals surface area (Å²) in [6, 6.07) is 12.2. The zero-order valence-electron chi connectivity index (χ0n) is 12.4. The summed E-state index contributed by atoms with van der Waals surface area (Å²) in [5.41, 5.74) is 0.440. The maximum atomic E-state index is 11.1. The SMILES string of the molecule is O.O=C1NS(=O)(=O)c2ccccc21.O=C1NS(=O)(=O)c2ccccc21.[NaH].[NaH].[NaH]. The van der Waals surface area contributed by atoms with Crippen molar-refractivity contribution >= 4 is 121 Å². The van der Waals surface area contributed by atoms with Crippen molar-refractivity contribution in [1.29, 1.82) is 0 Å². The van der Waals surface area contributed by atoms with Crippen LogP contribution in [0.4, 0.5) is 0 Å². The molecule has 0 aliphatic carbocycles. The zero-order valence-corrected chi connectivity index (χ0v) is 14.0. The van der Waals surface area contributed by atoms with Gasteiger partial charge in [-0.2, -0.15) is 0 Å². The first kappa shape index (κ1) is 30.4. The van der Waals surface area contributed by atoms with E-state index in [4.69, 9.17) is 0 Å². The molecule has 0 radical (unpaired) electrons. The van der Waals surface area contributed by atoms with Crippen molar-refractivity contribution < 1.29 is 31.9 Å². The van der Waals surface area contributed by atoms with Crippen LogP contribution < -0.4 is 9.44 Å². The number of amides is 2. The molecule has 138 valence electrons. The molecule has 0 aromatic heterocycles. The van der Waals surface area contributed by atoms with Crippen LogP contribution in [0.5, 0.6) is 0 Å². The van der Waals surface area contributed by atoms with E-state index in [-0.39, 0.29) is 115 Å². The van der Waals surface area contributed by atoms with Gasteiger partial charge in [0.25, 0.3) is 31.9 Å². The molecular formula is C14H15N2Na3O7S2. The number of fused-ring (bicyclic) bond motifs is 2. The van der Waals surface area contributed by atoms with Crippen molar-refractivity contribution in [1.82, 2.24) is 9.44 Å². The zero-order chi connectivity index (χ0) is 17.5. The van der Waals surface area contributed by atoms with E-state index in [1.54, 1.807) is 24.3 Å². The van der Waals surface area contributed by atoms with E-state index in [1.165, 1.54) is 24.3 Å². The van der Waals surface area contributed by atoms with E-state index in [9.17, 15) is 26.4 Å². The minimum atomic E-state index is -3.55. The fourth-order valence-corrected chi connectivity index (χ4v) is 4.59. The summed E-state index contributed by atoms with van der Waals surface area (Å²) in [5, 5.41) is 0. The Morgan fingerprint density at radius 2 is 0.857 bits per heavy atom. The van der Waals surface area contributed by atoms with Gasteiger partial charge in [0.15, 0.2) is 0 Å². The third-order valence-electron chi connectivity index (χ3n) is 3.30. The topological polar surface area (TPSA) is 158 Å². The number of carbonyl (C=O) groups excluding carboxylic acids is 2. The second-order valence-corrected chi connectivity index (χ2v) is 8.16. The van der Waals surface area contributed by atoms with Gasteiger partial charge < -0.3 is 5.48 Å². The summed E-state index contributed by atoms with van der Waals surface area (Å²) in [7, 11) is -7.11. The summed E-state index contributed by atoms with van der Waals surface area (Å²) in [6.45, 7) is 0. The first-order chi connectivity index (χ1) is 11.2. The van der Waals surface area contributed by atoms with E-state index in [0.717, 1.165) is 0 Å². The van der Waals surface area contributed by atoms with Gasteiger partial charge in [-0.1, -0.05) is 24.3 Å². The van der Waals surface area contributed by atoms with Crippen molar-refractivity contribution in [3.8, 4) is 0 Å². The van der Waals surface area contributed by atoms with E-state index in [2.05, 4.69) is 0 Å². The standard InChI is InChI=1S/2C7H5NO3S.3Na.H2O.3H/c2*9-7-5-3-1-2-4-6(5)12(10,11)8-7;;;;;;;/h2*1-4H,(H,8,9);;;;1H2;;;. The molecule has 0 bridgehead atoms. The van der Waals surface area contributed by atoms with Crippen LogP contribution in [-0.4, -0.2) is 123 Å². The predicted octanol–water partition coefficient (Wildman–Crippen LogP) is -2.53. The van der Waals surface area contributed by atoms with Gasteiger partial charge in [0.1, 0.15) is 9.79 Å². The summed E-state index contributed by atoms with van der Waals surface area (Å²) < 4.78 is 48.3. The Kier molecular flexibility index (Phi) is 12.6. The molecule has 2 aliphatic heterocycles. The van der Waals surface area contributed by atoms with Crippen LogP contribution in [0.2, 0.25) is 0 Å². The van der Waals surface area contributed by atoms with Crippen LogP contribution in [0.15, 0.2) is 58.3 Å². The normalized spacial score (nSPS) is 15.9. The Morgan fingerprint density at radius 3 is 1.14 bits per heavy atom. The van der Waals surface area contributed by atoms with Crippen molar-refractivity contribution in [3.63, 3.8) is 0 Å². The molecule has 0 atom stereocenters. The van der Waals surface area contributed by atoms with Crippen LogP contribution in [0, 0.1) is 0 Å². The van der Waals surface area contributed by atoms with Crippen molar-refractivity contribution in [3.05, 3.63) is 59.7 Å². The Morgan fingerprint density at radius 1 is 0.571 bits per heavy atom. The third-order valence-corrected chi connectivity index (χ3v) is 6.07. The van der Waals surface area contributed by atoms with Crippen LogP contribution in [0.1, 0.15) is 20.7 Å². The molecule has 0 fully saturated rings. The molecule has 0 unspecified atom stereocenters. The van der Waals surface area contributed by atoms with E-state index < -0.39 is 31.9 Å². The minimum absolute atomic E-state index is 0. The summed E-state index contributed by atoms with van der Waals surface area (Å²) in [4.78, 5) is 22.1. The monoisotopic (exact) mass is 456 g/mol. The molecule has 0 saturated carbocycles. The molecule has 2 aromatic carbocycles. The third kappa shape index (κ3) is 6.13. The van der Waals surface area contributed by atoms with E-state index in [0.29, 0.717) is 0 Å². The van der Waals surface area contributed by atoms with Gasteiger partial charge in [0.2, 0.25) is 0 Å². The molecule has 2 heterocycles. The van der Waals surface area contributed by atoms with Gasteiger partial charge in [0, 0.05) is 0 Å². The summed E-state index contributed by atoms with van der Waals surface area (Å²) in [6.07, 6.45) is 0. The number of benzene rings is 2. The summed E-state index contributed by atoms with van der Waals surface area (Å²) >= 11 is 0. The number of carbonyl (C=O) groups is 2. The first-order valence-corrected chi connectivity index (χ1v) is 9.51. The Balaban J connectivity index is 0. The van der Waals surface area contributed by atoms with Gasteiger partial charge in [-0.25, -0.2) is 26.3 Å². The van der Waals surface area contributed by atoms with E-state index >= 15 is 0 Å². The Labute approximate surface area is 228 Å². The molecular weight excluding hydrogens is 441 g/mol. The van der Waals surface area contributed by atoms with Crippen LogP contribution in [-0.2, 0) is 20.0 Å². The van der Waals surface area contributed by atoms with Gasteiger partial charge in [-0.15, -0.1) is 0 Å². The van der Waals surface area contributed by atoms with Crippen LogP contribution in [0.25, 0.3) is 0 Å². The molecule has 4 N–H and O–H groups in total. The number of sulfonamides is 2. The van der Waals surface area contributed by atoms with E-state index in [1.807, 2.05) is 9.44 Å². The molecule has 28 heavy (non-hydrogen) atoms. The molecule has 2 aromatic rings. The van der Waals surface area contributed by atoms with Gasteiger partial charge in [-0.3, -0.25) is 9.59 Å². The van der Waals surface area contributed by atoms with Gasteiger partial charge >= 0.3 is 88.7 Å². The number of rotatable bonds is 0. The number of nitrogens with one attached hydrogen (secondary N) is 2. The second-order valence-electron chi connectivity index (χ2n) is 4.86. The fourth-order valence-electron chi connectivity index (χ4n) is 2.24. The van der Waals surface area contributed by atoms with Gasteiger partial charge in [0.05, 0.1) is 11.1 Å². The molecule has 2 aliphatic rings. The van der Waals surface area contributed by atoms with Crippen LogP contribution >= 0.6 is 0 Å². The number of hydrogen-bond donors (Lipinski definition) is 2. The summed E-state index contributed by atoms with van der Waals surface area (Å²) in [5.74, 6) is -1.10. The number of hydrogen-bond acceptors (Lipinski definition) is 6. The fraction of sp³-hybridized carbons (Fsp3) is 0. The molecule has 9 nitrogen and oxygen atoms in total. The van der Waals surface area contributed by atoms with Crippen molar-refractivity contribution in [2.24, 2.45) is 0 Å². The maximum absolute atomic E-state index is 11.1. The van der Waals surface area contributed by atoms with Crippen LogP contribution in [0.3, 0.4) is 0 Å². The van der Waals surface area contributed by atoms with Crippen molar-refractivity contribution in [2.75, 3.05) is 0 Å². The molecule has 2 amide bonds. The average molecular weight is 456 g/mol. The Hall–Kier alpha value is 0.240. The quantitative estimate of drug-likeness (QED) is 0.416. The molecule has 0 saturated heterocycles. The van der Waals surface area contributed by atoms with Gasteiger partial charge in [-0.05, 0) is 24.3 Å². The second kappa shape index (κ2) is 11.6. The molecule has 14 heteroatoms. The first-order valence-electron chi connectivity index (χ1n) is 6.55. The Bertz CT molecular complexity index is 1000. The molecule has 0 spiro atoms.